The summed E-state index contributed by atoms with van der Waals surface area (Å²) in [7, 11) is 0. The van der Waals surface area contributed by atoms with Gasteiger partial charge in [-0.05, 0) is 48.7 Å². The van der Waals surface area contributed by atoms with E-state index in [1.807, 2.05) is 0 Å². The molecule has 0 aliphatic heterocycles. The van der Waals surface area contributed by atoms with Crippen LogP contribution in [0.3, 0.4) is 0 Å². The van der Waals surface area contributed by atoms with Crippen molar-refractivity contribution in [3.05, 3.63) is 70.5 Å². The molecule has 0 saturated heterocycles. The molecule has 1 N–H and O–H groups in total. The van der Waals surface area contributed by atoms with E-state index in [4.69, 9.17) is 11.6 Å². The maximum Gasteiger partial charge on any atom is 0.242 e. The molecule has 0 aliphatic rings. The molecule has 0 aromatic heterocycles. The van der Waals surface area contributed by atoms with Crippen LogP contribution < -0.4 is 5.32 Å². The molecule has 4 nitrogen and oxygen atoms in total. The molecule has 0 radical (unpaired) electrons. The van der Waals surface area contributed by atoms with Gasteiger partial charge in [-0.2, -0.15) is 0 Å². The smallest absolute Gasteiger partial charge is 0.242 e. The quantitative estimate of drug-likeness (QED) is 0.566. The lowest BCUT2D eigenvalue weighted by Gasteiger charge is -2.29. The van der Waals surface area contributed by atoms with E-state index in [1.165, 1.54) is 17.0 Å². The Kier molecular flexibility index (Phi) is 9.13. The van der Waals surface area contributed by atoms with Gasteiger partial charge in [0.15, 0.2) is 0 Å². The number of amides is 2. The van der Waals surface area contributed by atoms with Crippen LogP contribution in [0.2, 0.25) is 5.02 Å². The molecule has 2 aromatic carbocycles. The van der Waals surface area contributed by atoms with Crippen LogP contribution in [0.4, 0.5) is 4.39 Å². The molecule has 0 fully saturated rings. The summed E-state index contributed by atoms with van der Waals surface area (Å²) in [6.07, 6.45) is 3.18. The van der Waals surface area contributed by atoms with E-state index in [0.717, 1.165) is 30.4 Å². The molecule has 2 amide bonds. The molecule has 6 heteroatoms. The third kappa shape index (κ3) is 7.50. The molecule has 156 valence electrons. The lowest BCUT2D eigenvalue weighted by Crippen LogP contribution is -2.48. The van der Waals surface area contributed by atoms with Crippen LogP contribution in [-0.2, 0) is 22.6 Å². The van der Waals surface area contributed by atoms with E-state index in [2.05, 4.69) is 12.2 Å². The molecule has 2 rings (SSSR count). The molecule has 29 heavy (non-hydrogen) atoms. The molecule has 0 aliphatic carbocycles. The van der Waals surface area contributed by atoms with Crippen molar-refractivity contribution in [1.82, 2.24) is 10.2 Å². The maximum atomic E-state index is 13.2. The molecule has 1 atom stereocenters. The first-order valence-electron chi connectivity index (χ1n) is 9.96. The Bertz CT molecular complexity index is 794. The van der Waals surface area contributed by atoms with Crippen LogP contribution in [0, 0.1) is 5.82 Å². The van der Waals surface area contributed by atoms with Crippen LogP contribution in [0.5, 0.6) is 0 Å². The summed E-state index contributed by atoms with van der Waals surface area (Å²) in [5, 5.41) is 3.51. The molecule has 0 unspecified atom stereocenters. The van der Waals surface area contributed by atoms with Crippen molar-refractivity contribution in [2.45, 2.75) is 52.1 Å². The molecular formula is C23H28ClFN2O2. The zero-order valence-corrected chi connectivity index (χ0v) is 17.7. The summed E-state index contributed by atoms with van der Waals surface area (Å²) >= 11 is 5.91. The minimum atomic E-state index is -0.638. The Hall–Kier alpha value is -2.40. The van der Waals surface area contributed by atoms with Crippen molar-refractivity contribution in [2.24, 2.45) is 0 Å². The van der Waals surface area contributed by atoms with Gasteiger partial charge in [0.25, 0.3) is 0 Å². The number of rotatable bonds is 10. The average Bonchev–Trinajstić information content (AvgIpc) is 2.71. The number of halogens is 2. The fourth-order valence-corrected chi connectivity index (χ4v) is 3.11. The maximum absolute atomic E-state index is 13.2. The van der Waals surface area contributed by atoms with E-state index in [9.17, 15) is 14.0 Å². The van der Waals surface area contributed by atoms with Crippen LogP contribution in [0.15, 0.2) is 48.5 Å². The van der Waals surface area contributed by atoms with Crippen LogP contribution in [-0.4, -0.2) is 29.3 Å². The molecule has 0 heterocycles. The largest absolute Gasteiger partial charge is 0.354 e. The Morgan fingerprint density at radius 2 is 1.66 bits per heavy atom. The van der Waals surface area contributed by atoms with Gasteiger partial charge in [-0.25, -0.2) is 4.39 Å². The highest BCUT2D eigenvalue weighted by Crippen LogP contribution is 2.15. The minimum Gasteiger partial charge on any atom is -0.354 e. The summed E-state index contributed by atoms with van der Waals surface area (Å²) in [4.78, 5) is 27.2. The third-order valence-corrected chi connectivity index (χ3v) is 5.03. The number of hydrogen-bond donors (Lipinski definition) is 1. The normalized spacial score (nSPS) is 11.7. The molecule has 0 spiro atoms. The molecular weight excluding hydrogens is 391 g/mol. The number of benzene rings is 2. The Labute approximate surface area is 177 Å². The first kappa shape index (κ1) is 22.9. The summed E-state index contributed by atoms with van der Waals surface area (Å²) in [6.45, 7) is 4.64. The summed E-state index contributed by atoms with van der Waals surface area (Å²) in [5.74, 6) is -0.699. The second-order valence-electron chi connectivity index (χ2n) is 7.13. The Morgan fingerprint density at radius 1 is 1.03 bits per heavy atom. The van der Waals surface area contributed by atoms with Gasteiger partial charge in [-0.3, -0.25) is 9.59 Å². The summed E-state index contributed by atoms with van der Waals surface area (Å²) in [6, 6.07) is 12.4. The summed E-state index contributed by atoms with van der Waals surface area (Å²) < 4.78 is 13.2. The average molecular weight is 419 g/mol. The molecule has 0 bridgehead atoms. The van der Waals surface area contributed by atoms with Gasteiger partial charge < -0.3 is 10.2 Å². The van der Waals surface area contributed by atoms with E-state index < -0.39 is 6.04 Å². The lowest BCUT2D eigenvalue weighted by molar-refractivity contribution is -0.140. The van der Waals surface area contributed by atoms with Crippen LogP contribution in [0.25, 0.3) is 0 Å². The van der Waals surface area contributed by atoms with Crippen LogP contribution >= 0.6 is 11.6 Å². The van der Waals surface area contributed by atoms with Gasteiger partial charge in [0, 0.05) is 18.1 Å². The van der Waals surface area contributed by atoms with Crippen molar-refractivity contribution in [3.8, 4) is 0 Å². The van der Waals surface area contributed by atoms with Gasteiger partial charge in [0.2, 0.25) is 11.8 Å². The Morgan fingerprint density at radius 3 is 2.28 bits per heavy atom. The number of carbonyl (C=O) groups is 2. The monoisotopic (exact) mass is 418 g/mol. The highest BCUT2D eigenvalue weighted by Gasteiger charge is 2.26. The minimum absolute atomic E-state index is 0.159. The second-order valence-corrected chi connectivity index (χ2v) is 7.56. The zero-order valence-electron chi connectivity index (χ0n) is 17.0. The van der Waals surface area contributed by atoms with Crippen molar-refractivity contribution in [1.29, 1.82) is 0 Å². The Balaban J connectivity index is 2.12. The van der Waals surface area contributed by atoms with Gasteiger partial charge >= 0.3 is 0 Å². The summed E-state index contributed by atoms with van der Waals surface area (Å²) in [5.41, 5.74) is 1.58. The lowest BCUT2D eigenvalue weighted by atomic mass is 10.1. The SMILES string of the molecule is CCCCCNC(=O)[C@H](C)N(Cc1ccc(F)cc1)C(=O)Cc1ccc(Cl)cc1. The third-order valence-electron chi connectivity index (χ3n) is 4.78. The van der Waals surface area contributed by atoms with E-state index >= 15 is 0 Å². The number of carbonyl (C=O) groups excluding carboxylic acids is 2. The van der Waals surface area contributed by atoms with Gasteiger partial charge in [-0.15, -0.1) is 0 Å². The van der Waals surface area contributed by atoms with Crippen molar-refractivity contribution in [3.63, 3.8) is 0 Å². The fraction of sp³-hybridized carbons (Fsp3) is 0.391. The molecule has 2 aromatic rings. The van der Waals surface area contributed by atoms with E-state index in [1.54, 1.807) is 43.3 Å². The second kappa shape index (κ2) is 11.6. The molecule has 0 saturated carbocycles. The predicted molar refractivity (Wildman–Crippen MR) is 114 cm³/mol. The zero-order chi connectivity index (χ0) is 21.2. The number of nitrogens with one attached hydrogen (secondary N) is 1. The topological polar surface area (TPSA) is 49.4 Å². The van der Waals surface area contributed by atoms with Crippen molar-refractivity contribution >= 4 is 23.4 Å². The number of hydrogen-bond acceptors (Lipinski definition) is 2. The highest BCUT2D eigenvalue weighted by atomic mass is 35.5. The number of unbranched alkanes of at least 4 members (excludes halogenated alkanes) is 2. The standard InChI is InChI=1S/C23H28ClFN2O2/c1-3-4-5-14-26-23(29)17(2)27(16-19-8-12-21(25)13-9-19)22(28)15-18-6-10-20(24)11-7-18/h6-13,17H,3-5,14-16H2,1-2H3,(H,26,29)/t17-/m0/s1. The van der Waals surface area contributed by atoms with Crippen molar-refractivity contribution < 1.29 is 14.0 Å². The predicted octanol–water partition coefficient (Wildman–Crippen LogP) is 4.75. The van der Waals surface area contributed by atoms with E-state index in [0.29, 0.717) is 11.6 Å². The van der Waals surface area contributed by atoms with Crippen molar-refractivity contribution in [2.75, 3.05) is 6.54 Å². The van der Waals surface area contributed by atoms with Gasteiger partial charge in [-0.1, -0.05) is 55.6 Å². The first-order chi connectivity index (χ1) is 13.9. The highest BCUT2D eigenvalue weighted by molar-refractivity contribution is 6.30. The first-order valence-corrected chi connectivity index (χ1v) is 10.3. The number of nitrogens with zero attached hydrogens (tertiary/aromatic N) is 1. The van der Waals surface area contributed by atoms with E-state index in [-0.39, 0.29) is 30.6 Å². The van der Waals surface area contributed by atoms with Gasteiger partial charge in [0.1, 0.15) is 11.9 Å². The fourth-order valence-electron chi connectivity index (χ4n) is 2.98. The van der Waals surface area contributed by atoms with Gasteiger partial charge in [0.05, 0.1) is 6.42 Å². The van der Waals surface area contributed by atoms with Crippen LogP contribution in [0.1, 0.15) is 44.2 Å².